The lowest BCUT2D eigenvalue weighted by atomic mass is 10.1. The monoisotopic (exact) mass is 397 g/mol. The maximum absolute atomic E-state index is 12.7. The molecule has 1 unspecified atom stereocenters. The zero-order valence-electron chi connectivity index (χ0n) is 16.1. The summed E-state index contributed by atoms with van der Waals surface area (Å²) < 4.78 is 5.96. The third-order valence-corrected chi connectivity index (χ3v) is 4.90. The van der Waals surface area contributed by atoms with Crippen molar-refractivity contribution in [2.45, 2.75) is 6.42 Å². The van der Waals surface area contributed by atoms with Crippen molar-refractivity contribution in [1.29, 1.82) is 5.26 Å². The highest BCUT2D eigenvalue weighted by molar-refractivity contribution is 6.04. The number of ether oxygens (including phenoxy) is 1. The second-order valence-corrected chi connectivity index (χ2v) is 6.97. The summed E-state index contributed by atoms with van der Waals surface area (Å²) in [4.78, 5) is 27.0. The number of carbonyl (C=O) groups excluding carboxylic acids is 2. The van der Waals surface area contributed by atoms with Crippen LogP contribution in [-0.4, -0.2) is 18.4 Å². The molecule has 3 aromatic rings. The first-order chi connectivity index (χ1) is 14.6. The van der Waals surface area contributed by atoms with Crippen molar-refractivity contribution in [3.05, 3.63) is 84.4 Å². The summed E-state index contributed by atoms with van der Waals surface area (Å²) in [6.45, 7) is 0.274. The fraction of sp³-hybridized carbons (Fsp3) is 0.125. The van der Waals surface area contributed by atoms with Crippen molar-refractivity contribution in [1.82, 2.24) is 0 Å². The molecule has 1 atom stereocenters. The Labute approximate surface area is 174 Å². The van der Waals surface area contributed by atoms with Crippen molar-refractivity contribution in [2.75, 3.05) is 16.8 Å². The molecule has 0 aliphatic carbocycles. The van der Waals surface area contributed by atoms with Gasteiger partial charge in [0.1, 0.15) is 5.75 Å². The van der Waals surface area contributed by atoms with Crippen LogP contribution in [0.2, 0.25) is 0 Å². The number of hydrogen-bond acceptors (Lipinski definition) is 4. The van der Waals surface area contributed by atoms with E-state index >= 15 is 0 Å². The molecule has 0 spiro atoms. The molecule has 1 N–H and O–H groups in total. The molecule has 148 valence electrons. The van der Waals surface area contributed by atoms with Gasteiger partial charge in [0.05, 0.1) is 23.2 Å². The third kappa shape index (κ3) is 4.15. The van der Waals surface area contributed by atoms with Crippen molar-refractivity contribution in [3.63, 3.8) is 0 Å². The second kappa shape index (κ2) is 8.50. The van der Waals surface area contributed by atoms with Gasteiger partial charge in [0.2, 0.25) is 11.8 Å². The zero-order chi connectivity index (χ0) is 20.9. The number of nitriles is 1. The Bertz CT molecular complexity index is 1100. The number of benzene rings is 3. The highest BCUT2D eigenvalue weighted by Crippen LogP contribution is 2.35. The summed E-state index contributed by atoms with van der Waals surface area (Å²) in [6, 6.07) is 25.3. The van der Waals surface area contributed by atoms with E-state index in [2.05, 4.69) is 5.32 Å². The summed E-state index contributed by atoms with van der Waals surface area (Å²) in [5.41, 5.74) is 1.75. The van der Waals surface area contributed by atoms with Gasteiger partial charge in [0, 0.05) is 18.7 Å². The number of anilines is 2. The van der Waals surface area contributed by atoms with Crippen LogP contribution in [0.5, 0.6) is 11.5 Å². The topological polar surface area (TPSA) is 82.4 Å². The lowest BCUT2D eigenvalue weighted by Gasteiger charge is -2.20. The number of para-hydroxylation sites is 3. The Morgan fingerprint density at radius 1 is 1.00 bits per heavy atom. The second-order valence-electron chi connectivity index (χ2n) is 6.97. The van der Waals surface area contributed by atoms with E-state index in [9.17, 15) is 9.59 Å². The van der Waals surface area contributed by atoms with E-state index < -0.39 is 5.92 Å². The van der Waals surface area contributed by atoms with Crippen LogP contribution >= 0.6 is 0 Å². The molecule has 30 heavy (non-hydrogen) atoms. The van der Waals surface area contributed by atoms with Crippen LogP contribution in [0.25, 0.3) is 0 Å². The van der Waals surface area contributed by atoms with Gasteiger partial charge in [-0.25, -0.2) is 0 Å². The molecule has 3 aromatic carbocycles. The van der Waals surface area contributed by atoms with Gasteiger partial charge >= 0.3 is 0 Å². The van der Waals surface area contributed by atoms with Gasteiger partial charge < -0.3 is 15.0 Å². The summed E-state index contributed by atoms with van der Waals surface area (Å²) >= 11 is 0. The summed E-state index contributed by atoms with van der Waals surface area (Å²) in [6.07, 6.45) is 0.127. The number of nitrogens with zero attached hydrogens (tertiary/aromatic N) is 2. The van der Waals surface area contributed by atoms with Gasteiger partial charge in [-0.3, -0.25) is 9.59 Å². The third-order valence-electron chi connectivity index (χ3n) is 4.90. The summed E-state index contributed by atoms with van der Waals surface area (Å²) in [5, 5.41) is 11.7. The minimum atomic E-state index is -0.474. The van der Waals surface area contributed by atoms with E-state index in [4.69, 9.17) is 10.00 Å². The number of rotatable bonds is 5. The predicted octanol–water partition coefficient (Wildman–Crippen LogP) is 4.34. The molecule has 0 bridgehead atoms. The number of hydrogen-bond donors (Lipinski definition) is 1. The first-order valence-corrected chi connectivity index (χ1v) is 9.57. The van der Waals surface area contributed by atoms with Gasteiger partial charge in [-0.15, -0.1) is 0 Å². The predicted molar refractivity (Wildman–Crippen MR) is 113 cm³/mol. The van der Waals surface area contributed by atoms with E-state index in [0.717, 1.165) is 0 Å². The molecule has 1 fully saturated rings. The van der Waals surface area contributed by atoms with Gasteiger partial charge in [0.25, 0.3) is 0 Å². The molecule has 6 nitrogen and oxygen atoms in total. The van der Waals surface area contributed by atoms with Crippen LogP contribution in [0.4, 0.5) is 11.4 Å². The summed E-state index contributed by atoms with van der Waals surface area (Å²) in [7, 11) is 0. The molecular weight excluding hydrogens is 378 g/mol. The largest absolute Gasteiger partial charge is 0.455 e. The van der Waals surface area contributed by atoms with Gasteiger partial charge in [0.15, 0.2) is 5.75 Å². The SMILES string of the molecule is N#Cc1ccc(NC(=O)C2CC(=O)N(c3ccccc3Oc3ccccc3)C2)cc1. The fourth-order valence-electron chi connectivity index (χ4n) is 3.37. The Balaban J connectivity index is 1.48. The van der Waals surface area contributed by atoms with Gasteiger partial charge in [-0.05, 0) is 48.5 Å². The van der Waals surface area contributed by atoms with Gasteiger partial charge in [-0.2, -0.15) is 5.26 Å². The Morgan fingerprint density at radius 2 is 1.70 bits per heavy atom. The molecule has 1 heterocycles. The average molecular weight is 397 g/mol. The number of carbonyl (C=O) groups is 2. The fourth-order valence-corrected chi connectivity index (χ4v) is 3.37. The maximum Gasteiger partial charge on any atom is 0.229 e. The molecular formula is C24H19N3O3. The normalized spacial score (nSPS) is 15.5. The molecule has 1 aliphatic heterocycles. The van der Waals surface area contributed by atoms with E-state index in [1.54, 1.807) is 35.2 Å². The standard InChI is InChI=1S/C24H19N3O3/c25-15-17-10-12-19(13-11-17)26-24(29)18-14-23(28)27(16-18)21-8-4-5-9-22(21)30-20-6-2-1-3-7-20/h1-13,18H,14,16H2,(H,26,29). The van der Waals surface area contributed by atoms with E-state index in [1.165, 1.54) is 0 Å². The molecule has 0 aromatic heterocycles. The Kier molecular flexibility index (Phi) is 5.44. The molecule has 1 saturated heterocycles. The maximum atomic E-state index is 12.7. The summed E-state index contributed by atoms with van der Waals surface area (Å²) in [5.74, 6) is 0.408. The molecule has 0 saturated carbocycles. The number of nitrogens with one attached hydrogen (secondary N) is 1. The zero-order valence-corrected chi connectivity index (χ0v) is 16.1. The minimum absolute atomic E-state index is 0.126. The minimum Gasteiger partial charge on any atom is -0.455 e. The van der Waals surface area contributed by atoms with Crippen LogP contribution in [-0.2, 0) is 9.59 Å². The van der Waals surface area contributed by atoms with Gasteiger partial charge in [-0.1, -0.05) is 30.3 Å². The van der Waals surface area contributed by atoms with Crippen molar-refractivity contribution in [2.24, 2.45) is 5.92 Å². The van der Waals surface area contributed by atoms with E-state index in [1.807, 2.05) is 54.6 Å². The quantitative estimate of drug-likeness (QED) is 0.694. The van der Waals surface area contributed by atoms with E-state index in [-0.39, 0.29) is 24.8 Å². The van der Waals surface area contributed by atoms with Crippen LogP contribution < -0.4 is 15.0 Å². The average Bonchev–Trinajstić information content (AvgIpc) is 3.17. The highest BCUT2D eigenvalue weighted by atomic mass is 16.5. The first-order valence-electron chi connectivity index (χ1n) is 9.57. The van der Waals surface area contributed by atoms with E-state index in [0.29, 0.717) is 28.4 Å². The van der Waals surface area contributed by atoms with Crippen molar-refractivity contribution < 1.29 is 14.3 Å². The smallest absolute Gasteiger partial charge is 0.229 e. The Hall–Kier alpha value is -4.11. The first kappa shape index (κ1) is 19.2. The van der Waals surface area contributed by atoms with Crippen molar-refractivity contribution >= 4 is 23.2 Å². The molecule has 6 heteroatoms. The molecule has 0 radical (unpaired) electrons. The van der Waals surface area contributed by atoms with Crippen LogP contribution in [0, 0.1) is 17.2 Å². The highest BCUT2D eigenvalue weighted by Gasteiger charge is 2.36. The molecule has 4 rings (SSSR count). The number of amides is 2. The van der Waals surface area contributed by atoms with Crippen LogP contribution in [0.1, 0.15) is 12.0 Å². The lowest BCUT2D eigenvalue weighted by molar-refractivity contribution is -0.122. The molecule has 1 aliphatic rings. The molecule has 2 amide bonds. The van der Waals surface area contributed by atoms with Crippen LogP contribution in [0.3, 0.4) is 0 Å². The van der Waals surface area contributed by atoms with Crippen LogP contribution in [0.15, 0.2) is 78.9 Å². The Morgan fingerprint density at radius 3 is 2.43 bits per heavy atom. The van der Waals surface area contributed by atoms with Crippen molar-refractivity contribution in [3.8, 4) is 17.6 Å². The lowest BCUT2D eigenvalue weighted by Crippen LogP contribution is -2.28.